The van der Waals surface area contributed by atoms with Gasteiger partial charge in [0.2, 0.25) is 11.8 Å². The lowest BCUT2D eigenvalue weighted by Crippen LogP contribution is -2.45. The summed E-state index contributed by atoms with van der Waals surface area (Å²) in [4.78, 5) is 16.1. The highest BCUT2D eigenvalue weighted by atomic mass is 32.2. The first-order valence-corrected chi connectivity index (χ1v) is 10.5. The van der Waals surface area contributed by atoms with Gasteiger partial charge < -0.3 is 20.3 Å². The zero-order valence-electron chi connectivity index (χ0n) is 15.8. The first kappa shape index (κ1) is 18.4. The van der Waals surface area contributed by atoms with Crippen molar-refractivity contribution in [3.8, 4) is 5.88 Å². The van der Waals surface area contributed by atoms with Crippen LogP contribution in [0.15, 0.2) is 40.3 Å². The van der Waals surface area contributed by atoms with Gasteiger partial charge in [0, 0.05) is 36.8 Å². The number of rotatable bonds is 5. The van der Waals surface area contributed by atoms with Crippen molar-refractivity contribution in [3.05, 3.63) is 30.5 Å². The van der Waals surface area contributed by atoms with Gasteiger partial charge in [0.1, 0.15) is 6.10 Å². The Bertz CT molecular complexity index is 773. The Hall–Kier alpha value is -1.99. The molecule has 1 saturated heterocycles. The third-order valence-electron chi connectivity index (χ3n) is 5.16. The van der Waals surface area contributed by atoms with Gasteiger partial charge in [-0.3, -0.25) is 0 Å². The van der Waals surface area contributed by atoms with E-state index in [1.165, 1.54) is 12.8 Å². The van der Waals surface area contributed by atoms with E-state index < -0.39 is 0 Å². The number of nitrogens with zero attached hydrogens (tertiary/aromatic N) is 4. The fourth-order valence-electron chi connectivity index (χ4n) is 3.53. The number of piperazine rings is 1. The van der Waals surface area contributed by atoms with E-state index in [1.807, 2.05) is 24.4 Å². The lowest BCUT2D eigenvalue weighted by Gasteiger charge is -2.32. The molecule has 2 aromatic rings. The zero-order chi connectivity index (χ0) is 18.6. The van der Waals surface area contributed by atoms with Crippen LogP contribution in [0, 0.1) is 0 Å². The summed E-state index contributed by atoms with van der Waals surface area (Å²) in [6.45, 7) is 3.95. The van der Waals surface area contributed by atoms with Gasteiger partial charge >= 0.3 is 0 Å². The molecule has 6 nitrogen and oxygen atoms in total. The monoisotopic (exact) mass is 385 g/mol. The van der Waals surface area contributed by atoms with E-state index in [0.29, 0.717) is 5.88 Å². The van der Waals surface area contributed by atoms with E-state index in [-0.39, 0.29) is 6.10 Å². The number of nitrogen functional groups attached to an aromatic ring is 1. The van der Waals surface area contributed by atoms with Gasteiger partial charge in [0.15, 0.2) is 0 Å². The molecule has 0 unspecified atom stereocenters. The van der Waals surface area contributed by atoms with Crippen LogP contribution < -0.4 is 15.4 Å². The molecule has 1 aromatic carbocycles. The van der Waals surface area contributed by atoms with Crippen molar-refractivity contribution >= 4 is 23.4 Å². The van der Waals surface area contributed by atoms with Gasteiger partial charge in [-0.2, -0.15) is 4.98 Å². The van der Waals surface area contributed by atoms with Crippen LogP contribution in [0.1, 0.15) is 25.7 Å². The highest BCUT2D eigenvalue weighted by molar-refractivity contribution is 7.99. The largest absolute Gasteiger partial charge is 0.473 e. The Kier molecular flexibility index (Phi) is 5.69. The summed E-state index contributed by atoms with van der Waals surface area (Å²) in [5, 5.41) is 0. The van der Waals surface area contributed by atoms with E-state index in [2.05, 4.69) is 27.9 Å². The second kappa shape index (κ2) is 8.35. The van der Waals surface area contributed by atoms with Crippen LogP contribution >= 0.6 is 11.8 Å². The Morgan fingerprint density at radius 3 is 2.67 bits per heavy atom. The van der Waals surface area contributed by atoms with E-state index in [9.17, 15) is 0 Å². The van der Waals surface area contributed by atoms with E-state index in [1.54, 1.807) is 11.8 Å². The van der Waals surface area contributed by atoms with Gasteiger partial charge in [-0.05, 0) is 50.9 Å². The van der Waals surface area contributed by atoms with E-state index in [0.717, 1.165) is 60.4 Å². The quantitative estimate of drug-likeness (QED) is 0.792. The number of hydrogen-bond donors (Lipinski definition) is 1. The van der Waals surface area contributed by atoms with Gasteiger partial charge in [-0.15, -0.1) is 0 Å². The van der Waals surface area contributed by atoms with Crippen molar-refractivity contribution in [1.82, 2.24) is 14.9 Å². The Morgan fingerprint density at radius 2 is 1.93 bits per heavy atom. The van der Waals surface area contributed by atoms with E-state index in [4.69, 9.17) is 15.5 Å². The summed E-state index contributed by atoms with van der Waals surface area (Å²) in [6.07, 6.45) is 6.85. The van der Waals surface area contributed by atoms with Crippen molar-refractivity contribution in [2.24, 2.45) is 0 Å². The predicted molar refractivity (Wildman–Crippen MR) is 110 cm³/mol. The standard InChI is InChI=1S/C20H27N5OS/c1-24-9-11-25(12-10-24)20-22-14-18(27-17-8-4-5-15(21)13-17)19(23-20)26-16-6-2-3-7-16/h4-5,8,13-14,16H,2-3,6-7,9-12,21H2,1H3. The number of ether oxygens (including phenoxy) is 1. The predicted octanol–water partition coefficient (Wildman–Crippen LogP) is 3.28. The average molecular weight is 386 g/mol. The Balaban J connectivity index is 1.58. The minimum atomic E-state index is 0.264. The van der Waals surface area contributed by atoms with Crippen LogP contribution in [0.3, 0.4) is 0 Å². The summed E-state index contributed by atoms with van der Waals surface area (Å²) in [5.41, 5.74) is 6.69. The molecule has 4 rings (SSSR count). The third kappa shape index (κ3) is 4.65. The number of benzene rings is 1. The third-order valence-corrected chi connectivity index (χ3v) is 6.15. The number of likely N-dealkylation sites (N-methyl/N-ethyl adjacent to an activating group) is 1. The van der Waals surface area contributed by atoms with Crippen LogP contribution in [0.2, 0.25) is 0 Å². The lowest BCUT2D eigenvalue weighted by molar-refractivity contribution is 0.195. The van der Waals surface area contributed by atoms with Crippen LogP contribution in [0.5, 0.6) is 5.88 Å². The molecule has 2 aliphatic rings. The van der Waals surface area contributed by atoms with Crippen LogP contribution in [-0.2, 0) is 0 Å². The van der Waals surface area contributed by atoms with Crippen molar-refractivity contribution < 1.29 is 4.74 Å². The molecule has 144 valence electrons. The smallest absolute Gasteiger partial charge is 0.232 e. The number of hydrogen-bond acceptors (Lipinski definition) is 7. The summed E-state index contributed by atoms with van der Waals surface area (Å²) in [5.74, 6) is 1.48. The highest BCUT2D eigenvalue weighted by Gasteiger charge is 2.22. The summed E-state index contributed by atoms with van der Waals surface area (Å²) in [7, 11) is 2.15. The molecule has 7 heteroatoms. The van der Waals surface area contributed by atoms with Crippen molar-refractivity contribution in [2.45, 2.75) is 41.6 Å². The molecular weight excluding hydrogens is 358 g/mol. The maximum absolute atomic E-state index is 6.32. The Morgan fingerprint density at radius 1 is 1.15 bits per heavy atom. The molecule has 1 aliphatic carbocycles. The molecule has 2 fully saturated rings. The van der Waals surface area contributed by atoms with Crippen molar-refractivity contribution in [3.63, 3.8) is 0 Å². The molecule has 2 heterocycles. The minimum absolute atomic E-state index is 0.264. The zero-order valence-corrected chi connectivity index (χ0v) is 16.6. The average Bonchev–Trinajstić information content (AvgIpc) is 3.17. The molecule has 1 aromatic heterocycles. The molecule has 1 aliphatic heterocycles. The molecule has 0 bridgehead atoms. The first-order chi connectivity index (χ1) is 13.2. The topological polar surface area (TPSA) is 67.5 Å². The molecule has 1 saturated carbocycles. The number of aromatic nitrogens is 2. The van der Waals surface area contributed by atoms with Gasteiger partial charge in [0.05, 0.1) is 11.1 Å². The van der Waals surface area contributed by atoms with Gasteiger partial charge in [-0.25, -0.2) is 4.98 Å². The van der Waals surface area contributed by atoms with Crippen molar-refractivity contribution in [1.29, 1.82) is 0 Å². The SMILES string of the molecule is CN1CCN(c2ncc(Sc3cccc(N)c3)c(OC3CCCC3)n2)CC1. The highest BCUT2D eigenvalue weighted by Crippen LogP contribution is 2.36. The van der Waals surface area contributed by atoms with Gasteiger partial charge in [-0.1, -0.05) is 17.8 Å². The van der Waals surface area contributed by atoms with Crippen LogP contribution in [0.25, 0.3) is 0 Å². The van der Waals surface area contributed by atoms with Crippen LogP contribution in [0.4, 0.5) is 11.6 Å². The van der Waals surface area contributed by atoms with E-state index >= 15 is 0 Å². The normalized spacial score (nSPS) is 18.8. The van der Waals surface area contributed by atoms with Crippen LogP contribution in [-0.4, -0.2) is 54.2 Å². The molecule has 0 amide bonds. The van der Waals surface area contributed by atoms with Crippen molar-refractivity contribution in [2.75, 3.05) is 43.9 Å². The molecule has 2 N–H and O–H groups in total. The Labute approximate surface area is 165 Å². The number of nitrogens with two attached hydrogens (primary N) is 1. The summed E-state index contributed by atoms with van der Waals surface area (Å²) < 4.78 is 6.32. The lowest BCUT2D eigenvalue weighted by atomic mass is 10.3. The maximum atomic E-state index is 6.32. The molecule has 27 heavy (non-hydrogen) atoms. The second-order valence-electron chi connectivity index (χ2n) is 7.33. The molecular formula is C20H27N5OS. The minimum Gasteiger partial charge on any atom is -0.473 e. The maximum Gasteiger partial charge on any atom is 0.232 e. The fraction of sp³-hybridized carbons (Fsp3) is 0.500. The molecule has 0 radical (unpaired) electrons. The molecule has 0 spiro atoms. The fourth-order valence-corrected chi connectivity index (χ4v) is 4.41. The summed E-state index contributed by atoms with van der Waals surface area (Å²) >= 11 is 1.61. The first-order valence-electron chi connectivity index (χ1n) is 9.68. The molecule has 0 atom stereocenters. The number of anilines is 2. The second-order valence-corrected chi connectivity index (χ2v) is 8.44. The summed E-state index contributed by atoms with van der Waals surface area (Å²) in [6, 6.07) is 7.88. The van der Waals surface area contributed by atoms with Gasteiger partial charge in [0.25, 0.3) is 0 Å².